The van der Waals surface area contributed by atoms with Gasteiger partial charge in [-0.05, 0) is 101 Å². The number of nitrogens with two attached hydrogens (primary N) is 4. The topological polar surface area (TPSA) is 386 Å². The van der Waals surface area contributed by atoms with Gasteiger partial charge in [0.05, 0.1) is 12.5 Å². The molecule has 1 aromatic rings. The summed E-state index contributed by atoms with van der Waals surface area (Å²) in [7, 11) is 0. The maximum absolute atomic E-state index is 14.4. The number of hydrogen-bond donors (Lipinski definition) is 14. The van der Waals surface area contributed by atoms with Gasteiger partial charge in [0, 0.05) is 13.0 Å². The van der Waals surface area contributed by atoms with E-state index in [1.165, 1.54) is 0 Å². The summed E-state index contributed by atoms with van der Waals surface area (Å²) in [6.45, 7) is 11.1. The van der Waals surface area contributed by atoms with Gasteiger partial charge in [0.2, 0.25) is 53.2 Å². The highest BCUT2D eigenvalue weighted by Crippen LogP contribution is 2.15. The second-order valence-electron chi connectivity index (χ2n) is 20.5. The molecule has 2 rings (SSSR count). The van der Waals surface area contributed by atoms with Crippen molar-refractivity contribution in [1.29, 1.82) is 0 Å². The fraction of sp³-hybridized carbons (Fsp3) is 0.712. The third-order valence-corrected chi connectivity index (χ3v) is 12.9. The van der Waals surface area contributed by atoms with Crippen LogP contribution in [0, 0.1) is 17.8 Å². The van der Waals surface area contributed by atoms with Gasteiger partial charge in [0.25, 0.3) is 0 Å². The zero-order valence-electron chi connectivity index (χ0n) is 45.2. The Bertz CT molecular complexity index is 1960. The number of nitrogens with one attached hydrogen (secondary N) is 9. The van der Waals surface area contributed by atoms with Gasteiger partial charge in [-0.25, -0.2) is 0 Å². The van der Waals surface area contributed by atoms with Crippen LogP contribution in [0.3, 0.4) is 0 Å². The molecule has 424 valence electrons. The molecule has 1 aromatic carbocycles. The van der Waals surface area contributed by atoms with Crippen molar-refractivity contribution >= 4 is 53.2 Å². The van der Waals surface area contributed by atoms with E-state index in [2.05, 4.69) is 61.7 Å². The van der Waals surface area contributed by atoms with Gasteiger partial charge in [-0.3, -0.25) is 43.2 Å². The van der Waals surface area contributed by atoms with Crippen molar-refractivity contribution in [3.63, 3.8) is 0 Å². The molecule has 23 nitrogen and oxygen atoms in total. The summed E-state index contributed by atoms with van der Waals surface area (Å²) < 4.78 is 0. The van der Waals surface area contributed by atoms with Crippen LogP contribution in [0.2, 0.25) is 0 Å². The monoisotopic (exact) mass is 1060 g/mol. The van der Waals surface area contributed by atoms with Gasteiger partial charge in [0.15, 0.2) is 0 Å². The summed E-state index contributed by atoms with van der Waals surface area (Å²) in [6.07, 6.45) is 2.44. The maximum atomic E-state index is 14.4. The highest BCUT2D eigenvalue weighted by Gasteiger charge is 2.35. The maximum Gasteiger partial charge on any atom is 0.243 e. The third kappa shape index (κ3) is 25.1. The van der Waals surface area contributed by atoms with Gasteiger partial charge in [0.1, 0.15) is 48.3 Å². The number of carbonyl (C=O) groups excluding carboxylic acids is 9. The van der Waals surface area contributed by atoms with Crippen LogP contribution in [0.15, 0.2) is 30.3 Å². The molecule has 1 aliphatic heterocycles. The summed E-state index contributed by atoms with van der Waals surface area (Å²) in [5.74, 6) is -6.53. The van der Waals surface area contributed by atoms with Gasteiger partial charge >= 0.3 is 0 Å². The van der Waals surface area contributed by atoms with Crippen LogP contribution in [0.4, 0.5) is 0 Å². The molecule has 0 unspecified atom stereocenters. The first-order valence-electron chi connectivity index (χ1n) is 26.9. The predicted octanol–water partition coefficient (Wildman–Crippen LogP) is -1.53. The number of rotatable bonds is 25. The largest absolute Gasteiger partial charge is 0.393 e. The van der Waals surface area contributed by atoms with Crippen molar-refractivity contribution in [2.75, 3.05) is 32.7 Å². The van der Waals surface area contributed by atoms with Crippen LogP contribution in [0.25, 0.3) is 0 Å². The minimum atomic E-state index is -1.47. The van der Waals surface area contributed by atoms with E-state index in [-0.39, 0.29) is 102 Å². The van der Waals surface area contributed by atoms with Gasteiger partial charge in [-0.2, -0.15) is 0 Å². The summed E-state index contributed by atoms with van der Waals surface area (Å²) >= 11 is 0. The smallest absolute Gasteiger partial charge is 0.243 e. The average Bonchev–Trinajstić information content (AvgIpc) is 3.35. The fourth-order valence-corrected chi connectivity index (χ4v) is 8.49. The molecule has 1 saturated heterocycles. The summed E-state index contributed by atoms with van der Waals surface area (Å²) in [6, 6.07) is -1.59. The van der Waals surface area contributed by atoms with E-state index in [1.54, 1.807) is 30.3 Å². The molecule has 0 aromatic heterocycles. The number of unbranched alkanes of at least 4 members (excludes halogenated alkanes) is 1. The number of benzene rings is 1. The minimum Gasteiger partial charge on any atom is -0.393 e. The number of aliphatic hydroxyl groups excluding tert-OH is 1. The average molecular weight is 1060 g/mol. The van der Waals surface area contributed by atoms with Crippen LogP contribution < -0.4 is 70.8 Å². The highest BCUT2D eigenvalue weighted by atomic mass is 16.3. The van der Waals surface area contributed by atoms with Crippen LogP contribution in [0.5, 0.6) is 0 Å². The molecule has 0 bridgehead atoms. The van der Waals surface area contributed by atoms with Crippen molar-refractivity contribution in [3.05, 3.63) is 35.9 Å². The normalized spacial score (nSPS) is 23.3. The molecule has 0 aliphatic carbocycles. The summed E-state index contributed by atoms with van der Waals surface area (Å²) in [5, 5.41) is 34.8. The number of amides is 9. The lowest BCUT2D eigenvalue weighted by molar-refractivity contribution is -0.136. The van der Waals surface area contributed by atoms with E-state index in [4.69, 9.17) is 22.9 Å². The molecule has 18 N–H and O–H groups in total. The van der Waals surface area contributed by atoms with E-state index in [1.807, 2.05) is 27.7 Å². The second kappa shape index (κ2) is 35.5. The zero-order valence-corrected chi connectivity index (χ0v) is 45.2. The number of aliphatic hydroxyl groups is 1. The summed E-state index contributed by atoms with van der Waals surface area (Å²) in [5.41, 5.74) is 24.3. The van der Waals surface area contributed by atoms with Crippen LogP contribution in [-0.4, -0.2) is 145 Å². The molecule has 1 fully saturated rings. The molecule has 0 saturated carbocycles. The second-order valence-corrected chi connectivity index (χ2v) is 20.5. The van der Waals surface area contributed by atoms with Gasteiger partial charge in [-0.1, -0.05) is 97.6 Å². The first kappa shape index (κ1) is 65.4. The van der Waals surface area contributed by atoms with Crippen LogP contribution >= 0.6 is 0 Å². The lowest BCUT2D eigenvalue weighted by atomic mass is 9.99. The van der Waals surface area contributed by atoms with E-state index < -0.39 is 108 Å². The molecule has 1 aliphatic rings. The van der Waals surface area contributed by atoms with Gasteiger partial charge in [-0.15, -0.1) is 0 Å². The quantitative estimate of drug-likeness (QED) is 0.0495. The number of hydrogen-bond acceptors (Lipinski definition) is 14. The van der Waals surface area contributed by atoms with Crippen molar-refractivity contribution in [3.8, 4) is 0 Å². The van der Waals surface area contributed by atoms with E-state index in [9.17, 15) is 48.3 Å². The van der Waals surface area contributed by atoms with Gasteiger partial charge < -0.3 is 75.9 Å². The molecular weight excluding hydrogens is 967 g/mol. The first-order valence-corrected chi connectivity index (χ1v) is 26.9. The van der Waals surface area contributed by atoms with Crippen LogP contribution in [0.1, 0.15) is 131 Å². The molecule has 10 atom stereocenters. The van der Waals surface area contributed by atoms with Crippen molar-refractivity contribution < 1.29 is 48.3 Å². The van der Waals surface area contributed by atoms with E-state index in [0.29, 0.717) is 24.3 Å². The Morgan fingerprint density at radius 3 is 1.55 bits per heavy atom. The van der Waals surface area contributed by atoms with E-state index >= 15 is 0 Å². The fourth-order valence-electron chi connectivity index (χ4n) is 8.49. The van der Waals surface area contributed by atoms with Crippen molar-refractivity contribution in [1.82, 2.24) is 47.9 Å². The molecule has 23 heteroatoms. The first-order chi connectivity index (χ1) is 35.7. The Morgan fingerprint density at radius 2 is 1.05 bits per heavy atom. The highest BCUT2D eigenvalue weighted by molar-refractivity contribution is 5.98. The molecule has 9 amide bonds. The van der Waals surface area contributed by atoms with Crippen molar-refractivity contribution in [2.45, 2.75) is 186 Å². The Hall–Kier alpha value is -5.75. The SMILES string of the molecule is CC[C@H](C)CCCC[C@@H](O)CC(=O)N[C@H](CCN)C(=O)N[C@@H]1CCNC(=O)[C@@H](CC(C)C)NC(=O)[C@@H](CCN)NC(=O)[C@H](CCN)NC(=O)[C@H](CC(C)C)NC(=O)[C@H](Cc2ccccc2)NC(=O)[C@H](CCN)NC1=O. The molecule has 75 heavy (non-hydrogen) atoms. The molecule has 1 heterocycles. The Kier molecular flexibility index (Phi) is 30.9. The third-order valence-electron chi connectivity index (χ3n) is 12.9. The Balaban J connectivity index is 2.67. The standard InChI is InChI=1S/C52H91N13O10/c1-7-33(6)13-11-12-16-35(66)30-44(67)58-36(17-22-53)46(69)62-40-21-26-57-45(68)41(27-31(2)3)63-48(71)38(19-24-55)59-47(70)37(18-23-54)61-51(74)42(28-32(4)5)64-52(75)43(29-34-14-9-8-10-15-34)65-49(72)39(20-25-56)60-50(40)73/h8-10,14-15,31-33,35-43,66H,7,11-13,16-30,53-56H2,1-6H3,(H,57,68)(H,58,67)(H,59,70)(H,60,73)(H,61,74)(H,62,69)(H,63,71)(H,64,75)(H,65,72)/t33-,35+,36+,37-,38+,39-,40+,41+,42-,43-/m0/s1. The van der Waals surface area contributed by atoms with Crippen molar-refractivity contribution in [2.24, 2.45) is 40.7 Å². The molecular formula is C52H91N13O10. The summed E-state index contributed by atoms with van der Waals surface area (Å²) in [4.78, 5) is 126. The van der Waals surface area contributed by atoms with E-state index in [0.717, 1.165) is 19.3 Å². The Labute approximate surface area is 443 Å². The lowest BCUT2D eigenvalue weighted by Crippen LogP contribution is -2.61. The van der Waals surface area contributed by atoms with Crippen LogP contribution in [-0.2, 0) is 49.6 Å². The predicted molar refractivity (Wildman–Crippen MR) is 285 cm³/mol. The number of carbonyl (C=O) groups is 9. The minimum absolute atomic E-state index is 0.0458. The molecule has 0 spiro atoms. The lowest BCUT2D eigenvalue weighted by Gasteiger charge is -2.28. The zero-order chi connectivity index (χ0) is 56.0. The molecule has 0 radical (unpaired) electrons. The Morgan fingerprint density at radius 1 is 0.600 bits per heavy atom.